The van der Waals surface area contributed by atoms with E-state index in [1.165, 1.54) is 43.4 Å². The SMILES string of the molecule is C=CC=CC(C)(C)C.CC(C)CCP(CCC(C)C)(CCC(C)C)=NC1=CC=CC1.[Ti]. The molecule has 1 nitrogen and oxygen atoms in total. The van der Waals surface area contributed by atoms with Crippen LogP contribution in [0.25, 0.3) is 0 Å². The van der Waals surface area contributed by atoms with Gasteiger partial charge in [-0.25, -0.2) is 0 Å². The summed E-state index contributed by atoms with van der Waals surface area (Å²) in [6.45, 7) is 24.2. The van der Waals surface area contributed by atoms with Gasteiger partial charge < -0.3 is 0 Å². The summed E-state index contributed by atoms with van der Waals surface area (Å²) in [6, 6.07) is 0. The van der Waals surface area contributed by atoms with Crippen LogP contribution in [-0.4, -0.2) is 18.5 Å². The number of nitrogens with zero attached hydrogens (tertiary/aromatic N) is 1. The minimum absolute atomic E-state index is 0. The maximum atomic E-state index is 5.43. The second kappa shape index (κ2) is 17.4. The van der Waals surface area contributed by atoms with Crippen LogP contribution in [0.5, 0.6) is 0 Å². The molecule has 0 saturated heterocycles. The number of rotatable bonds is 11. The van der Waals surface area contributed by atoms with Crippen molar-refractivity contribution in [3.05, 3.63) is 48.7 Å². The van der Waals surface area contributed by atoms with Gasteiger partial charge in [0.05, 0.1) is 0 Å². The van der Waals surface area contributed by atoms with Crippen molar-refractivity contribution in [3.8, 4) is 0 Å². The predicted octanol–water partition coefficient (Wildman–Crippen LogP) is 9.94. The second-order valence-corrected chi connectivity index (χ2v) is 14.9. The fraction of sp³-hybridized carbons (Fsp3) is 0.714. The molecule has 31 heavy (non-hydrogen) atoms. The second-order valence-electron chi connectivity index (χ2n) is 11.2. The molecule has 0 heterocycles. The van der Waals surface area contributed by atoms with Gasteiger partial charge in [0, 0.05) is 33.8 Å². The van der Waals surface area contributed by atoms with E-state index in [0.717, 1.165) is 24.2 Å². The van der Waals surface area contributed by atoms with Crippen molar-refractivity contribution in [2.75, 3.05) is 18.5 Å². The molecule has 0 aromatic heterocycles. The average molecular weight is 482 g/mol. The quantitative estimate of drug-likeness (QED) is 0.158. The Morgan fingerprint density at radius 2 is 1.39 bits per heavy atom. The van der Waals surface area contributed by atoms with E-state index >= 15 is 0 Å². The van der Waals surface area contributed by atoms with E-state index in [0.29, 0.717) is 5.41 Å². The first-order valence-electron chi connectivity index (χ1n) is 12.1. The summed E-state index contributed by atoms with van der Waals surface area (Å²) in [4.78, 5) is 0. The summed E-state index contributed by atoms with van der Waals surface area (Å²) in [5, 5.41) is 0. The Morgan fingerprint density at radius 3 is 1.65 bits per heavy atom. The normalized spacial score (nSPS) is 14.0. The zero-order valence-corrected chi connectivity index (χ0v) is 24.7. The van der Waals surface area contributed by atoms with E-state index in [2.05, 4.69) is 93.2 Å². The Bertz CT molecular complexity index is 577. The standard InChI is InChI=1S/C20H38NP.C8H14.Ti/c1-17(2)11-14-22(15-12-18(3)4,16-13-19(5)6)21-20-9-7-8-10-20;1-5-6-7-8(2,3)4;/h7-9,17-19H,10-16H2,1-6H3;5-7H,1H2,2-4H3;. The van der Waals surface area contributed by atoms with Crippen molar-refractivity contribution in [2.45, 2.75) is 88.0 Å². The molecule has 0 atom stereocenters. The molecule has 0 bridgehead atoms. The van der Waals surface area contributed by atoms with Crippen LogP contribution in [-0.2, 0) is 21.7 Å². The Morgan fingerprint density at radius 1 is 0.935 bits per heavy atom. The maximum absolute atomic E-state index is 5.43. The number of hydrogen-bond donors (Lipinski definition) is 0. The van der Waals surface area contributed by atoms with Crippen LogP contribution < -0.4 is 0 Å². The summed E-state index contributed by atoms with van der Waals surface area (Å²) in [6.07, 6.45) is 21.7. The third-order valence-electron chi connectivity index (χ3n) is 5.19. The van der Waals surface area contributed by atoms with E-state index in [1.54, 1.807) is 6.08 Å². The van der Waals surface area contributed by atoms with Gasteiger partial charge in [-0.15, -0.1) is 0 Å². The summed E-state index contributed by atoms with van der Waals surface area (Å²) in [5.74, 6) is 2.38. The molecule has 1 aliphatic carbocycles. The van der Waals surface area contributed by atoms with Gasteiger partial charge in [0.15, 0.2) is 0 Å². The van der Waals surface area contributed by atoms with Crippen LogP contribution >= 0.6 is 7.05 Å². The molecule has 0 aromatic carbocycles. The molecule has 178 valence electrons. The van der Waals surface area contributed by atoms with Crippen molar-refractivity contribution < 1.29 is 21.7 Å². The molecule has 0 aromatic rings. The molecule has 0 spiro atoms. The Balaban J connectivity index is 0. The molecule has 1 rings (SSSR count). The summed E-state index contributed by atoms with van der Waals surface area (Å²) >= 11 is 0. The molecule has 0 amide bonds. The van der Waals surface area contributed by atoms with Gasteiger partial charge in [-0.1, -0.05) is 99.3 Å². The summed E-state index contributed by atoms with van der Waals surface area (Å²) in [7, 11) is -1.19. The number of hydrogen-bond acceptors (Lipinski definition) is 1. The topological polar surface area (TPSA) is 12.4 Å². The largest absolute Gasteiger partial charge is 0.272 e. The van der Waals surface area contributed by atoms with Gasteiger partial charge in [-0.3, -0.25) is 4.74 Å². The van der Waals surface area contributed by atoms with Crippen LogP contribution in [0.2, 0.25) is 0 Å². The Hall–Kier alpha value is -0.0957. The molecular weight excluding hydrogens is 429 g/mol. The third kappa shape index (κ3) is 19.1. The van der Waals surface area contributed by atoms with Gasteiger partial charge in [-0.05, 0) is 74.0 Å². The van der Waals surface area contributed by atoms with Crippen LogP contribution in [0.1, 0.15) is 88.0 Å². The van der Waals surface area contributed by atoms with Crippen LogP contribution in [0.3, 0.4) is 0 Å². The van der Waals surface area contributed by atoms with E-state index in [9.17, 15) is 0 Å². The zero-order valence-electron chi connectivity index (χ0n) is 22.2. The first-order valence-corrected chi connectivity index (χ1v) is 14.4. The fourth-order valence-electron chi connectivity index (χ4n) is 3.12. The van der Waals surface area contributed by atoms with Gasteiger partial charge >= 0.3 is 0 Å². The van der Waals surface area contributed by atoms with Crippen LogP contribution in [0.15, 0.2) is 53.5 Å². The Labute approximate surface area is 211 Å². The fourth-order valence-corrected chi connectivity index (χ4v) is 7.78. The van der Waals surface area contributed by atoms with Crippen molar-refractivity contribution in [1.82, 2.24) is 0 Å². The van der Waals surface area contributed by atoms with Crippen molar-refractivity contribution in [3.63, 3.8) is 0 Å². The smallest absolute Gasteiger partial charge is 0.0425 e. The molecule has 0 radical (unpaired) electrons. The van der Waals surface area contributed by atoms with E-state index < -0.39 is 7.05 Å². The van der Waals surface area contributed by atoms with Crippen molar-refractivity contribution in [1.29, 1.82) is 0 Å². The van der Waals surface area contributed by atoms with E-state index in [1.807, 2.05) is 6.08 Å². The van der Waals surface area contributed by atoms with E-state index in [-0.39, 0.29) is 21.7 Å². The third-order valence-corrected chi connectivity index (χ3v) is 9.15. The zero-order chi connectivity index (χ0) is 23.2. The average Bonchev–Trinajstić information content (AvgIpc) is 3.13. The Kier molecular flexibility index (Phi) is 18.6. The summed E-state index contributed by atoms with van der Waals surface area (Å²) < 4.78 is 5.43. The molecule has 3 heteroatoms. The van der Waals surface area contributed by atoms with Gasteiger partial charge in [0.1, 0.15) is 0 Å². The first-order chi connectivity index (χ1) is 13.9. The van der Waals surface area contributed by atoms with Gasteiger partial charge in [0.2, 0.25) is 0 Å². The predicted molar refractivity (Wildman–Crippen MR) is 143 cm³/mol. The molecular formula is C28H52NPTi. The minimum Gasteiger partial charge on any atom is -0.272 e. The number of allylic oxidation sites excluding steroid dienone is 6. The van der Waals surface area contributed by atoms with Gasteiger partial charge in [0.25, 0.3) is 0 Å². The van der Waals surface area contributed by atoms with Gasteiger partial charge in [-0.2, -0.15) is 0 Å². The molecule has 0 N–H and O–H groups in total. The summed E-state index contributed by atoms with van der Waals surface area (Å²) in [5.41, 5.74) is 1.65. The molecule has 1 aliphatic rings. The van der Waals surface area contributed by atoms with Crippen LogP contribution in [0.4, 0.5) is 0 Å². The van der Waals surface area contributed by atoms with Crippen LogP contribution in [0, 0.1) is 23.2 Å². The van der Waals surface area contributed by atoms with Crippen molar-refractivity contribution in [2.24, 2.45) is 27.9 Å². The first kappa shape index (κ1) is 33.1. The minimum atomic E-state index is -1.19. The molecule has 0 saturated carbocycles. The molecule has 0 fully saturated rings. The van der Waals surface area contributed by atoms with Crippen molar-refractivity contribution >= 4 is 7.05 Å². The van der Waals surface area contributed by atoms with E-state index in [4.69, 9.17) is 4.74 Å². The molecule has 0 aliphatic heterocycles. The monoisotopic (exact) mass is 481 g/mol. The molecule has 0 unspecified atom stereocenters. The maximum Gasteiger partial charge on any atom is 0.0425 e.